The third-order valence-corrected chi connectivity index (χ3v) is 5.15. The van der Waals surface area contributed by atoms with Gasteiger partial charge >= 0.3 is 0 Å². The Labute approximate surface area is 158 Å². The molecule has 0 fully saturated rings. The number of fused-ring (bicyclic) bond motifs is 1. The van der Waals surface area contributed by atoms with E-state index in [0.29, 0.717) is 23.6 Å². The fraction of sp³-hybridized carbons (Fsp3) is 0.235. The molecule has 0 saturated carbocycles. The summed E-state index contributed by atoms with van der Waals surface area (Å²) in [6.45, 7) is 0.912. The molecule has 0 atom stereocenters. The maximum Gasteiger partial charge on any atom is 0.240 e. The average molecular weight is 388 g/mol. The third-order valence-electron chi connectivity index (χ3n) is 3.97. The van der Waals surface area contributed by atoms with Crippen LogP contribution in [0.2, 0.25) is 0 Å². The Kier molecular flexibility index (Phi) is 4.72. The van der Waals surface area contributed by atoms with Gasteiger partial charge in [-0.3, -0.25) is 14.5 Å². The first-order chi connectivity index (χ1) is 12.7. The fourth-order valence-corrected chi connectivity index (χ4v) is 3.62. The number of hydrogen-bond donors (Lipinski definition) is 2. The summed E-state index contributed by atoms with van der Waals surface area (Å²) >= 11 is 6.80. The minimum Gasteiger partial charge on any atom is -0.454 e. The van der Waals surface area contributed by atoms with Gasteiger partial charge in [-0.25, -0.2) is 0 Å². The average Bonchev–Trinajstić information content (AvgIpc) is 3.36. The maximum atomic E-state index is 12.3. The first kappa shape index (κ1) is 16.8. The first-order valence-electron chi connectivity index (χ1n) is 8.05. The Hall–Kier alpha value is -2.65. The minimum atomic E-state index is -0.110. The van der Waals surface area contributed by atoms with Crippen LogP contribution in [-0.4, -0.2) is 34.0 Å². The molecular weight excluding hydrogens is 372 g/mol. The normalized spacial score (nSPS) is 12.3. The molecule has 1 amide bonds. The molecule has 1 aliphatic heterocycles. The van der Waals surface area contributed by atoms with Crippen molar-refractivity contribution in [3.63, 3.8) is 0 Å². The molecule has 0 spiro atoms. The SMILES string of the molecule is O=C(Cn1c(-c2cccs2)n[nH]c1=S)NCCc1ccc2c(c1)OCO2. The summed E-state index contributed by atoms with van der Waals surface area (Å²) in [5.74, 6) is 2.07. The summed E-state index contributed by atoms with van der Waals surface area (Å²) < 4.78 is 12.8. The van der Waals surface area contributed by atoms with E-state index in [1.54, 1.807) is 15.9 Å². The van der Waals surface area contributed by atoms with Gasteiger partial charge in [0.2, 0.25) is 12.7 Å². The molecule has 3 aromatic rings. The lowest BCUT2D eigenvalue weighted by Gasteiger charge is -2.08. The van der Waals surface area contributed by atoms with Gasteiger partial charge in [-0.15, -0.1) is 11.3 Å². The molecule has 0 aliphatic carbocycles. The number of aromatic nitrogens is 3. The van der Waals surface area contributed by atoms with Crippen molar-refractivity contribution in [3.8, 4) is 22.2 Å². The number of nitrogens with zero attached hydrogens (tertiary/aromatic N) is 2. The van der Waals surface area contributed by atoms with Crippen LogP contribution in [0.1, 0.15) is 5.56 Å². The summed E-state index contributed by atoms with van der Waals surface area (Å²) in [6, 6.07) is 9.69. The molecular formula is C17H16N4O3S2. The number of ether oxygens (including phenoxy) is 2. The van der Waals surface area contributed by atoms with E-state index < -0.39 is 0 Å². The van der Waals surface area contributed by atoms with Crippen molar-refractivity contribution in [2.45, 2.75) is 13.0 Å². The molecule has 2 aromatic heterocycles. The zero-order valence-electron chi connectivity index (χ0n) is 13.7. The Bertz CT molecular complexity index is 978. The van der Waals surface area contributed by atoms with Crippen LogP contribution in [-0.2, 0) is 17.8 Å². The van der Waals surface area contributed by atoms with Crippen LogP contribution in [0.15, 0.2) is 35.7 Å². The van der Waals surface area contributed by atoms with Crippen molar-refractivity contribution >= 4 is 29.5 Å². The van der Waals surface area contributed by atoms with Crippen molar-refractivity contribution < 1.29 is 14.3 Å². The molecule has 2 N–H and O–H groups in total. The maximum absolute atomic E-state index is 12.3. The minimum absolute atomic E-state index is 0.110. The number of carbonyl (C=O) groups excluding carboxylic acids is 1. The van der Waals surface area contributed by atoms with Crippen LogP contribution in [0.25, 0.3) is 10.7 Å². The molecule has 1 aliphatic rings. The summed E-state index contributed by atoms with van der Waals surface area (Å²) in [4.78, 5) is 13.3. The van der Waals surface area contributed by atoms with Gasteiger partial charge in [-0.05, 0) is 47.8 Å². The lowest BCUT2D eigenvalue weighted by molar-refractivity contribution is -0.121. The number of benzene rings is 1. The molecule has 0 bridgehead atoms. The van der Waals surface area contributed by atoms with E-state index in [1.807, 2.05) is 35.7 Å². The van der Waals surface area contributed by atoms with Crippen LogP contribution in [0.5, 0.6) is 11.5 Å². The molecule has 9 heteroatoms. The summed E-state index contributed by atoms with van der Waals surface area (Å²) in [5, 5.41) is 11.9. The molecule has 0 radical (unpaired) electrons. The van der Waals surface area contributed by atoms with Crippen molar-refractivity contribution in [3.05, 3.63) is 46.0 Å². The van der Waals surface area contributed by atoms with Crippen molar-refractivity contribution in [1.82, 2.24) is 20.1 Å². The number of rotatable bonds is 6. The Morgan fingerprint density at radius 2 is 2.23 bits per heavy atom. The predicted molar refractivity (Wildman–Crippen MR) is 100 cm³/mol. The van der Waals surface area contributed by atoms with Gasteiger partial charge in [0.1, 0.15) is 6.54 Å². The lowest BCUT2D eigenvalue weighted by Crippen LogP contribution is -2.29. The van der Waals surface area contributed by atoms with Crippen LogP contribution < -0.4 is 14.8 Å². The number of aromatic amines is 1. The standard InChI is InChI=1S/C17H16N4O3S2/c22-15(9-21-16(19-20-17(21)25)14-2-1-7-26-14)18-6-5-11-3-4-12-13(8-11)24-10-23-12/h1-4,7-8H,5-6,9-10H2,(H,18,22)(H,20,25). The fourth-order valence-electron chi connectivity index (χ4n) is 2.70. The highest BCUT2D eigenvalue weighted by molar-refractivity contribution is 7.71. The highest BCUT2D eigenvalue weighted by atomic mass is 32.1. The molecule has 0 saturated heterocycles. The largest absolute Gasteiger partial charge is 0.454 e. The van der Waals surface area contributed by atoms with Gasteiger partial charge < -0.3 is 14.8 Å². The second kappa shape index (κ2) is 7.30. The van der Waals surface area contributed by atoms with E-state index in [9.17, 15) is 4.79 Å². The highest BCUT2D eigenvalue weighted by Crippen LogP contribution is 2.32. The first-order valence-corrected chi connectivity index (χ1v) is 9.34. The van der Waals surface area contributed by atoms with E-state index in [-0.39, 0.29) is 19.2 Å². The van der Waals surface area contributed by atoms with Gasteiger partial charge in [0.15, 0.2) is 22.1 Å². The number of thiophene rings is 1. The zero-order valence-corrected chi connectivity index (χ0v) is 15.4. The second-order valence-corrected chi connectivity index (χ2v) is 7.04. The quantitative estimate of drug-likeness (QED) is 0.635. The zero-order chi connectivity index (χ0) is 17.9. The molecule has 1 aromatic carbocycles. The van der Waals surface area contributed by atoms with E-state index in [2.05, 4.69) is 15.5 Å². The molecule has 26 heavy (non-hydrogen) atoms. The van der Waals surface area contributed by atoms with Gasteiger partial charge in [-0.1, -0.05) is 12.1 Å². The smallest absolute Gasteiger partial charge is 0.240 e. The Balaban J connectivity index is 1.35. The van der Waals surface area contributed by atoms with Gasteiger partial charge in [0.05, 0.1) is 4.88 Å². The second-order valence-electron chi connectivity index (χ2n) is 5.70. The van der Waals surface area contributed by atoms with Crippen molar-refractivity contribution in [2.24, 2.45) is 0 Å². The molecule has 134 valence electrons. The van der Waals surface area contributed by atoms with E-state index in [0.717, 1.165) is 21.9 Å². The van der Waals surface area contributed by atoms with Crippen LogP contribution >= 0.6 is 23.6 Å². The van der Waals surface area contributed by atoms with Gasteiger partial charge in [0, 0.05) is 6.54 Å². The topological polar surface area (TPSA) is 81.2 Å². The number of hydrogen-bond acceptors (Lipinski definition) is 6. The van der Waals surface area contributed by atoms with Crippen LogP contribution in [0, 0.1) is 4.77 Å². The molecule has 0 unspecified atom stereocenters. The van der Waals surface area contributed by atoms with Gasteiger partial charge in [0.25, 0.3) is 0 Å². The highest BCUT2D eigenvalue weighted by Gasteiger charge is 2.14. The molecule has 4 rings (SSSR count). The van der Waals surface area contributed by atoms with Crippen molar-refractivity contribution in [2.75, 3.05) is 13.3 Å². The van der Waals surface area contributed by atoms with E-state index in [4.69, 9.17) is 21.7 Å². The Morgan fingerprint density at radius 1 is 1.35 bits per heavy atom. The summed E-state index contributed by atoms with van der Waals surface area (Å²) in [6.07, 6.45) is 0.705. The summed E-state index contributed by atoms with van der Waals surface area (Å²) in [7, 11) is 0. The number of amides is 1. The van der Waals surface area contributed by atoms with Crippen LogP contribution in [0.4, 0.5) is 0 Å². The lowest BCUT2D eigenvalue weighted by atomic mass is 10.1. The van der Waals surface area contributed by atoms with Gasteiger partial charge in [-0.2, -0.15) is 5.10 Å². The van der Waals surface area contributed by atoms with Crippen molar-refractivity contribution in [1.29, 1.82) is 0 Å². The van der Waals surface area contributed by atoms with Crippen LogP contribution in [0.3, 0.4) is 0 Å². The monoisotopic (exact) mass is 388 g/mol. The third kappa shape index (κ3) is 3.49. The summed E-state index contributed by atoms with van der Waals surface area (Å²) in [5.41, 5.74) is 1.08. The molecule has 3 heterocycles. The van der Waals surface area contributed by atoms with E-state index >= 15 is 0 Å². The Morgan fingerprint density at radius 3 is 3.08 bits per heavy atom. The predicted octanol–water partition coefficient (Wildman–Crippen LogP) is 2.76. The number of nitrogens with one attached hydrogen (secondary N) is 2. The number of carbonyl (C=O) groups is 1. The molecule has 7 nitrogen and oxygen atoms in total. The van der Waals surface area contributed by atoms with E-state index in [1.165, 1.54) is 0 Å². The number of H-pyrrole nitrogens is 1.